The van der Waals surface area contributed by atoms with E-state index in [0.29, 0.717) is 5.69 Å². The number of para-hydroxylation sites is 1. The molecular formula is C19H21N3O2. The third-order valence-electron chi connectivity index (χ3n) is 3.39. The Morgan fingerprint density at radius 1 is 0.917 bits per heavy atom. The van der Waals surface area contributed by atoms with Crippen LogP contribution in [0.15, 0.2) is 59.7 Å². The van der Waals surface area contributed by atoms with Gasteiger partial charge >= 0.3 is 11.8 Å². The van der Waals surface area contributed by atoms with Gasteiger partial charge in [0.1, 0.15) is 0 Å². The molecule has 0 aliphatic heterocycles. The zero-order valence-corrected chi connectivity index (χ0v) is 14.0. The topological polar surface area (TPSA) is 70.6 Å². The molecule has 2 amide bonds. The molecule has 0 saturated carbocycles. The molecule has 2 N–H and O–H groups in total. The van der Waals surface area contributed by atoms with E-state index in [0.717, 1.165) is 5.56 Å². The molecule has 2 aromatic carbocycles. The van der Waals surface area contributed by atoms with E-state index >= 15 is 0 Å². The van der Waals surface area contributed by atoms with Crippen LogP contribution in [0, 0.1) is 0 Å². The van der Waals surface area contributed by atoms with Crippen LogP contribution >= 0.6 is 0 Å². The summed E-state index contributed by atoms with van der Waals surface area (Å²) in [5, 5.41) is 6.30. The summed E-state index contributed by atoms with van der Waals surface area (Å²) in [6, 6.07) is 16.6. The van der Waals surface area contributed by atoms with Crippen LogP contribution in [0.3, 0.4) is 0 Å². The third-order valence-corrected chi connectivity index (χ3v) is 3.39. The van der Waals surface area contributed by atoms with Gasteiger partial charge in [-0.15, -0.1) is 0 Å². The first-order valence-corrected chi connectivity index (χ1v) is 7.66. The number of rotatable bonds is 3. The number of benzene rings is 2. The predicted octanol–water partition coefficient (Wildman–Crippen LogP) is 3.07. The van der Waals surface area contributed by atoms with Crippen LogP contribution in [-0.2, 0) is 15.0 Å². The van der Waals surface area contributed by atoms with Crippen LogP contribution < -0.4 is 10.7 Å². The van der Waals surface area contributed by atoms with E-state index in [4.69, 9.17) is 0 Å². The molecule has 0 bridgehead atoms. The van der Waals surface area contributed by atoms with Gasteiger partial charge in [0, 0.05) is 5.69 Å². The summed E-state index contributed by atoms with van der Waals surface area (Å²) < 4.78 is 0. The van der Waals surface area contributed by atoms with Crippen molar-refractivity contribution >= 4 is 23.7 Å². The molecule has 0 fully saturated rings. The molecule has 0 aromatic heterocycles. The fourth-order valence-corrected chi connectivity index (χ4v) is 1.99. The van der Waals surface area contributed by atoms with Crippen molar-refractivity contribution in [2.24, 2.45) is 5.10 Å². The second-order valence-corrected chi connectivity index (χ2v) is 6.39. The molecule has 24 heavy (non-hydrogen) atoms. The maximum atomic E-state index is 11.7. The minimum absolute atomic E-state index is 0.0828. The van der Waals surface area contributed by atoms with Gasteiger partial charge in [0.2, 0.25) is 0 Å². The quantitative estimate of drug-likeness (QED) is 0.518. The van der Waals surface area contributed by atoms with Crippen LogP contribution in [0.5, 0.6) is 0 Å². The van der Waals surface area contributed by atoms with E-state index in [-0.39, 0.29) is 5.41 Å². The van der Waals surface area contributed by atoms with E-state index in [2.05, 4.69) is 36.6 Å². The van der Waals surface area contributed by atoms with Crippen molar-refractivity contribution in [1.82, 2.24) is 5.43 Å². The normalized spacial score (nSPS) is 11.3. The molecule has 0 aliphatic rings. The van der Waals surface area contributed by atoms with Crippen molar-refractivity contribution in [3.63, 3.8) is 0 Å². The lowest BCUT2D eigenvalue weighted by Crippen LogP contribution is -2.32. The average Bonchev–Trinajstić information content (AvgIpc) is 2.55. The van der Waals surface area contributed by atoms with Crippen molar-refractivity contribution < 1.29 is 9.59 Å². The zero-order chi connectivity index (χ0) is 17.6. The highest BCUT2D eigenvalue weighted by Gasteiger charge is 2.13. The van der Waals surface area contributed by atoms with Crippen molar-refractivity contribution in [1.29, 1.82) is 0 Å². The van der Waals surface area contributed by atoms with E-state index in [1.54, 1.807) is 24.3 Å². The Kier molecular flexibility index (Phi) is 5.47. The highest BCUT2D eigenvalue weighted by Crippen LogP contribution is 2.21. The van der Waals surface area contributed by atoms with Gasteiger partial charge in [0.05, 0.1) is 6.21 Å². The second-order valence-electron chi connectivity index (χ2n) is 6.39. The molecule has 2 aromatic rings. The number of hydrogen-bond donors (Lipinski definition) is 2. The van der Waals surface area contributed by atoms with E-state index in [9.17, 15) is 9.59 Å². The molecule has 0 heterocycles. The van der Waals surface area contributed by atoms with Crippen LogP contribution in [0.4, 0.5) is 5.69 Å². The number of carbonyl (C=O) groups excluding carboxylic acids is 2. The molecule has 0 radical (unpaired) electrons. The Bertz CT molecular complexity index is 729. The SMILES string of the molecule is CC(C)(C)c1ccc(/C=N/NC(=O)C(=O)Nc2ccccc2)cc1. The number of anilines is 1. The van der Waals surface area contributed by atoms with Crippen LogP contribution in [-0.4, -0.2) is 18.0 Å². The molecule has 0 atom stereocenters. The zero-order valence-electron chi connectivity index (χ0n) is 14.0. The van der Waals surface area contributed by atoms with Crippen molar-refractivity contribution in [2.75, 3.05) is 5.32 Å². The number of hydrogen-bond acceptors (Lipinski definition) is 3. The Hall–Kier alpha value is -2.95. The van der Waals surface area contributed by atoms with Gasteiger partial charge in [-0.3, -0.25) is 9.59 Å². The van der Waals surface area contributed by atoms with Gasteiger partial charge in [0.15, 0.2) is 0 Å². The van der Waals surface area contributed by atoms with Gasteiger partial charge in [-0.1, -0.05) is 63.2 Å². The first-order valence-electron chi connectivity index (χ1n) is 7.66. The number of carbonyl (C=O) groups is 2. The van der Waals surface area contributed by atoms with Gasteiger partial charge in [-0.2, -0.15) is 5.10 Å². The van der Waals surface area contributed by atoms with E-state index in [1.165, 1.54) is 11.8 Å². The summed E-state index contributed by atoms with van der Waals surface area (Å²) in [5.41, 5.74) is 4.91. The molecule has 5 heteroatoms. The number of hydrazone groups is 1. The molecular weight excluding hydrogens is 302 g/mol. The number of amides is 2. The minimum Gasteiger partial charge on any atom is -0.318 e. The molecule has 0 aliphatic carbocycles. The summed E-state index contributed by atoms with van der Waals surface area (Å²) in [7, 11) is 0. The van der Waals surface area contributed by atoms with Gasteiger partial charge in [0.25, 0.3) is 0 Å². The lowest BCUT2D eigenvalue weighted by Gasteiger charge is -2.18. The third kappa shape index (κ3) is 5.05. The number of nitrogens with one attached hydrogen (secondary N) is 2. The highest BCUT2D eigenvalue weighted by atomic mass is 16.2. The fraction of sp³-hybridized carbons (Fsp3) is 0.211. The Morgan fingerprint density at radius 3 is 2.12 bits per heavy atom. The molecule has 0 spiro atoms. The summed E-state index contributed by atoms with van der Waals surface area (Å²) in [5.74, 6) is -1.58. The average molecular weight is 323 g/mol. The van der Waals surface area contributed by atoms with Crippen LogP contribution in [0.1, 0.15) is 31.9 Å². The van der Waals surface area contributed by atoms with Crippen molar-refractivity contribution in [2.45, 2.75) is 26.2 Å². The Labute approximate surface area is 141 Å². The summed E-state index contributed by atoms with van der Waals surface area (Å²) in [6.07, 6.45) is 1.50. The largest absolute Gasteiger partial charge is 0.329 e. The lowest BCUT2D eigenvalue weighted by atomic mass is 9.87. The lowest BCUT2D eigenvalue weighted by molar-refractivity contribution is -0.136. The van der Waals surface area contributed by atoms with Gasteiger partial charge in [-0.05, 0) is 28.7 Å². The fourth-order valence-electron chi connectivity index (χ4n) is 1.99. The van der Waals surface area contributed by atoms with Crippen molar-refractivity contribution in [3.8, 4) is 0 Å². The Morgan fingerprint density at radius 2 is 1.54 bits per heavy atom. The predicted molar refractivity (Wildman–Crippen MR) is 96.0 cm³/mol. The van der Waals surface area contributed by atoms with Gasteiger partial charge < -0.3 is 5.32 Å². The molecule has 0 unspecified atom stereocenters. The first kappa shape index (κ1) is 17.4. The maximum Gasteiger partial charge on any atom is 0.329 e. The van der Waals surface area contributed by atoms with Crippen LogP contribution in [0.25, 0.3) is 0 Å². The smallest absolute Gasteiger partial charge is 0.318 e. The summed E-state index contributed by atoms with van der Waals surface area (Å²) in [6.45, 7) is 6.42. The van der Waals surface area contributed by atoms with Gasteiger partial charge in [-0.25, -0.2) is 5.43 Å². The monoisotopic (exact) mass is 323 g/mol. The van der Waals surface area contributed by atoms with Crippen molar-refractivity contribution in [3.05, 3.63) is 65.7 Å². The molecule has 2 rings (SSSR count). The maximum absolute atomic E-state index is 11.7. The highest BCUT2D eigenvalue weighted by molar-refractivity contribution is 6.39. The summed E-state index contributed by atoms with van der Waals surface area (Å²) >= 11 is 0. The standard InChI is InChI=1S/C19H21N3O2/c1-19(2,3)15-11-9-14(10-12-15)13-20-22-18(24)17(23)21-16-7-5-4-6-8-16/h4-13H,1-3H3,(H,21,23)(H,22,24)/b20-13+. The minimum atomic E-state index is -0.818. The molecule has 5 nitrogen and oxygen atoms in total. The summed E-state index contributed by atoms with van der Waals surface area (Å²) in [4.78, 5) is 23.4. The number of nitrogens with zero attached hydrogens (tertiary/aromatic N) is 1. The Balaban J connectivity index is 1.89. The van der Waals surface area contributed by atoms with E-state index < -0.39 is 11.8 Å². The first-order chi connectivity index (χ1) is 11.4. The molecule has 0 saturated heterocycles. The molecule has 124 valence electrons. The van der Waals surface area contributed by atoms with E-state index in [1.807, 2.05) is 30.3 Å². The van der Waals surface area contributed by atoms with Crippen LogP contribution in [0.2, 0.25) is 0 Å². The second kappa shape index (κ2) is 7.55.